The van der Waals surface area contributed by atoms with Crippen molar-refractivity contribution in [3.8, 4) is 11.1 Å². The fourth-order valence-electron chi connectivity index (χ4n) is 5.29. The molecule has 2 fully saturated rings. The third-order valence-electron chi connectivity index (χ3n) is 7.03. The molecule has 1 N–H and O–H groups in total. The van der Waals surface area contributed by atoms with Crippen molar-refractivity contribution in [3.05, 3.63) is 72.2 Å². The Balaban J connectivity index is 1.37. The highest BCUT2D eigenvalue weighted by molar-refractivity contribution is 5.91. The van der Waals surface area contributed by atoms with Gasteiger partial charge in [-0.3, -0.25) is 9.67 Å². The van der Waals surface area contributed by atoms with Crippen LogP contribution in [0.1, 0.15) is 43.3 Å². The minimum Gasteiger partial charge on any atom is -0.349 e. The third-order valence-corrected chi connectivity index (χ3v) is 7.03. The highest BCUT2D eigenvalue weighted by Crippen LogP contribution is 2.38. The quantitative estimate of drug-likeness (QED) is 0.463. The first-order valence-corrected chi connectivity index (χ1v) is 11.9. The Morgan fingerprint density at radius 1 is 1.00 bits per heavy atom. The highest BCUT2D eigenvalue weighted by atomic mass is 19.1. The fourth-order valence-corrected chi connectivity index (χ4v) is 5.29. The molecule has 1 aromatic carbocycles. The second-order valence-corrected chi connectivity index (χ2v) is 9.10. The van der Waals surface area contributed by atoms with E-state index in [1.165, 1.54) is 12.1 Å². The number of nitrogens with zero attached hydrogens (tertiary/aromatic N) is 5. The van der Waals surface area contributed by atoms with Crippen LogP contribution in [-0.2, 0) is 0 Å². The van der Waals surface area contributed by atoms with Crippen molar-refractivity contribution in [2.75, 3.05) is 24.5 Å². The molecule has 0 amide bonds. The molecule has 5 heterocycles. The molecule has 4 aromatic rings. The number of benzene rings is 1. The van der Waals surface area contributed by atoms with E-state index in [4.69, 9.17) is 4.98 Å². The molecular weight excluding hydrogens is 434 g/mol. The zero-order valence-electron chi connectivity index (χ0n) is 18.8. The summed E-state index contributed by atoms with van der Waals surface area (Å²) in [5.41, 5.74) is 3.94. The fraction of sp³-hybridized carbons (Fsp3) is 0.346. The summed E-state index contributed by atoms with van der Waals surface area (Å²) in [5.74, 6) is -0.0580. The van der Waals surface area contributed by atoms with Gasteiger partial charge in [0.2, 0.25) is 0 Å². The lowest BCUT2D eigenvalue weighted by molar-refractivity contribution is 0.343. The molecule has 0 spiro atoms. The largest absolute Gasteiger partial charge is 0.349 e. The average molecular weight is 461 g/mol. The van der Waals surface area contributed by atoms with Crippen LogP contribution in [0, 0.1) is 11.6 Å². The number of halogens is 2. The summed E-state index contributed by atoms with van der Waals surface area (Å²) in [7, 11) is 0. The van der Waals surface area contributed by atoms with E-state index in [0.717, 1.165) is 79.4 Å². The van der Waals surface area contributed by atoms with Gasteiger partial charge in [-0.1, -0.05) is 0 Å². The van der Waals surface area contributed by atoms with E-state index in [0.29, 0.717) is 11.6 Å². The van der Waals surface area contributed by atoms with Crippen molar-refractivity contribution >= 4 is 16.9 Å². The maximum atomic E-state index is 14.6. The summed E-state index contributed by atoms with van der Waals surface area (Å²) in [5, 5.41) is 8.04. The minimum absolute atomic E-state index is 0.247. The summed E-state index contributed by atoms with van der Waals surface area (Å²) in [4.78, 5) is 11.6. The molecule has 3 aromatic heterocycles. The maximum absolute atomic E-state index is 14.6. The van der Waals surface area contributed by atoms with Crippen LogP contribution in [0.15, 0.2) is 55.0 Å². The lowest BCUT2D eigenvalue weighted by atomic mass is 10.0. The number of rotatable bonds is 4. The monoisotopic (exact) mass is 460 g/mol. The number of pyridine rings is 2. The minimum atomic E-state index is -0.424. The molecule has 6 rings (SSSR count). The van der Waals surface area contributed by atoms with Gasteiger partial charge in [0.25, 0.3) is 0 Å². The number of piperidine rings is 1. The van der Waals surface area contributed by atoms with Crippen molar-refractivity contribution < 1.29 is 8.78 Å². The summed E-state index contributed by atoms with van der Waals surface area (Å²) >= 11 is 0. The molecule has 2 aliphatic heterocycles. The van der Waals surface area contributed by atoms with Gasteiger partial charge in [0.15, 0.2) is 0 Å². The van der Waals surface area contributed by atoms with Gasteiger partial charge < -0.3 is 10.2 Å². The van der Waals surface area contributed by atoms with E-state index >= 15 is 0 Å². The molecule has 0 radical (unpaired) electrons. The molecule has 2 saturated heterocycles. The van der Waals surface area contributed by atoms with Crippen LogP contribution in [0.3, 0.4) is 0 Å². The molecule has 8 heteroatoms. The van der Waals surface area contributed by atoms with Crippen LogP contribution < -0.4 is 10.2 Å². The Kier molecular flexibility index (Phi) is 5.45. The average Bonchev–Trinajstić information content (AvgIpc) is 3.56. The molecule has 6 nitrogen and oxygen atoms in total. The molecule has 174 valence electrons. The van der Waals surface area contributed by atoms with Gasteiger partial charge in [-0.05, 0) is 75.2 Å². The molecular formula is C26H26F2N6. The van der Waals surface area contributed by atoms with E-state index in [9.17, 15) is 8.78 Å². The maximum Gasteiger partial charge on any atom is 0.129 e. The Bertz CT molecular complexity index is 1330. The predicted molar refractivity (Wildman–Crippen MR) is 128 cm³/mol. The Morgan fingerprint density at radius 2 is 1.88 bits per heavy atom. The van der Waals surface area contributed by atoms with Gasteiger partial charge in [0.05, 0.1) is 29.3 Å². The second-order valence-electron chi connectivity index (χ2n) is 9.10. The van der Waals surface area contributed by atoms with Gasteiger partial charge in [0, 0.05) is 35.6 Å². The number of hydrogen-bond acceptors (Lipinski definition) is 5. The van der Waals surface area contributed by atoms with E-state index in [2.05, 4.69) is 31.2 Å². The van der Waals surface area contributed by atoms with Crippen LogP contribution in [0.5, 0.6) is 0 Å². The molecule has 34 heavy (non-hydrogen) atoms. The lowest BCUT2D eigenvalue weighted by Gasteiger charge is -2.26. The summed E-state index contributed by atoms with van der Waals surface area (Å²) < 4.78 is 30.5. The zero-order chi connectivity index (χ0) is 23.1. The van der Waals surface area contributed by atoms with Gasteiger partial charge >= 0.3 is 0 Å². The zero-order valence-corrected chi connectivity index (χ0v) is 18.8. The topological polar surface area (TPSA) is 58.9 Å². The van der Waals surface area contributed by atoms with E-state index in [1.807, 2.05) is 24.4 Å². The number of nitrogens with one attached hydrogen (secondary N) is 1. The summed E-state index contributed by atoms with van der Waals surface area (Å²) in [6, 6.07) is 9.67. The first kappa shape index (κ1) is 21.2. The number of anilines is 1. The van der Waals surface area contributed by atoms with Crippen molar-refractivity contribution in [1.29, 1.82) is 0 Å². The lowest BCUT2D eigenvalue weighted by Crippen LogP contribution is -2.29. The predicted octanol–water partition coefficient (Wildman–Crippen LogP) is 5.04. The van der Waals surface area contributed by atoms with Crippen LogP contribution >= 0.6 is 0 Å². The highest BCUT2D eigenvalue weighted by Gasteiger charge is 2.30. The van der Waals surface area contributed by atoms with Gasteiger partial charge in [-0.25, -0.2) is 13.8 Å². The SMILES string of the molecule is Fc1ccc(F)c(C2CCCN2c2ccc3nccc(-c4cnn(C5CCNCC5)c4)c3n2)c1. The normalized spacial score (nSPS) is 19.2. The van der Waals surface area contributed by atoms with Crippen molar-refractivity contribution in [3.63, 3.8) is 0 Å². The first-order valence-electron chi connectivity index (χ1n) is 11.9. The molecule has 2 aliphatic rings. The van der Waals surface area contributed by atoms with Crippen LogP contribution in [0.25, 0.3) is 22.2 Å². The molecule has 0 bridgehead atoms. The Morgan fingerprint density at radius 3 is 2.76 bits per heavy atom. The van der Waals surface area contributed by atoms with Gasteiger partial charge in [0.1, 0.15) is 17.5 Å². The second kappa shape index (κ2) is 8.76. The number of aromatic nitrogens is 4. The molecule has 1 atom stereocenters. The standard InChI is InChI=1S/C26H26F2N6/c27-18-3-4-22(28)21(14-18)24-2-1-13-33(24)25-6-5-23-26(32-25)20(9-12-30-23)17-15-31-34(16-17)19-7-10-29-11-8-19/h3-6,9,12,14-16,19,24,29H,1-2,7-8,10-11,13H2. The van der Waals surface area contributed by atoms with Crippen molar-refractivity contribution in [2.24, 2.45) is 0 Å². The third kappa shape index (κ3) is 3.81. The van der Waals surface area contributed by atoms with E-state index in [-0.39, 0.29) is 11.9 Å². The van der Waals surface area contributed by atoms with Gasteiger partial charge in [-0.2, -0.15) is 5.10 Å². The van der Waals surface area contributed by atoms with Crippen LogP contribution in [0.4, 0.5) is 14.6 Å². The first-order chi connectivity index (χ1) is 16.7. The molecule has 0 saturated carbocycles. The number of hydrogen-bond donors (Lipinski definition) is 1. The van der Waals surface area contributed by atoms with Crippen LogP contribution in [0.2, 0.25) is 0 Å². The molecule has 1 unspecified atom stereocenters. The van der Waals surface area contributed by atoms with E-state index in [1.54, 1.807) is 6.20 Å². The van der Waals surface area contributed by atoms with Crippen molar-refractivity contribution in [1.82, 2.24) is 25.1 Å². The number of fused-ring (bicyclic) bond motifs is 1. The van der Waals surface area contributed by atoms with E-state index < -0.39 is 5.82 Å². The summed E-state index contributed by atoms with van der Waals surface area (Å²) in [6.45, 7) is 2.75. The smallest absolute Gasteiger partial charge is 0.129 e. The van der Waals surface area contributed by atoms with Gasteiger partial charge in [-0.15, -0.1) is 0 Å². The van der Waals surface area contributed by atoms with Crippen molar-refractivity contribution in [2.45, 2.75) is 37.8 Å². The summed E-state index contributed by atoms with van der Waals surface area (Å²) in [6.07, 6.45) is 9.56. The Labute approximate surface area is 196 Å². The molecule has 0 aliphatic carbocycles. The van der Waals surface area contributed by atoms with Crippen LogP contribution in [-0.4, -0.2) is 39.4 Å². The Hall–Kier alpha value is -3.39.